The van der Waals surface area contributed by atoms with Crippen molar-refractivity contribution in [2.24, 2.45) is 0 Å². The highest BCUT2D eigenvalue weighted by Crippen LogP contribution is 2.06. The Hall–Kier alpha value is -1.65. The predicted molar refractivity (Wildman–Crippen MR) is 61.4 cm³/mol. The van der Waals surface area contributed by atoms with Crippen LogP contribution in [-0.4, -0.2) is 27.3 Å². The number of carbonyl (C=O) groups is 1. The van der Waals surface area contributed by atoms with Crippen molar-refractivity contribution in [1.82, 2.24) is 10.2 Å². The molecule has 1 heterocycles. The number of aliphatic carboxylic acids is 1. The minimum Gasteiger partial charge on any atom is -0.481 e. The van der Waals surface area contributed by atoms with E-state index < -0.39 is 5.97 Å². The largest absolute Gasteiger partial charge is 0.481 e. The summed E-state index contributed by atoms with van der Waals surface area (Å²) < 4.78 is 0. The van der Waals surface area contributed by atoms with E-state index in [0.717, 1.165) is 18.5 Å². The van der Waals surface area contributed by atoms with Gasteiger partial charge in [0.1, 0.15) is 5.82 Å². The lowest BCUT2D eigenvalue weighted by molar-refractivity contribution is -0.137. The molecular weight excluding hydrogens is 206 g/mol. The van der Waals surface area contributed by atoms with Gasteiger partial charge in [-0.1, -0.05) is 13.3 Å². The van der Waals surface area contributed by atoms with Gasteiger partial charge >= 0.3 is 5.97 Å². The topological polar surface area (TPSA) is 75.1 Å². The summed E-state index contributed by atoms with van der Waals surface area (Å²) in [6.45, 7) is 3.89. The predicted octanol–water partition coefficient (Wildman–Crippen LogP) is 1.70. The zero-order valence-electron chi connectivity index (χ0n) is 9.60. The molecule has 0 aliphatic heterocycles. The molecule has 0 aliphatic carbocycles. The van der Waals surface area contributed by atoms with Crippen LogP contribution in [0.5, 0.6) is 0 Å². The van der Waals surface area contributed by atoms with Gasteiger partial charge in [0, 0.05) is 6.04 Å². The third-order valence-electron chi connectivity index (χ3n) is 2.10. The summed E-state index contributed by atoms with van der Waals surface area (Å²) in [7, 11) is 0. The lowest BCUT2D eigenvalue weighted by Crippen LogP contribution is -2.20. The number of carboxylic acids is 1. The van der Waals surface area contributed by atoms with Crippen LogP contribution in [0.2, 0.25) is 0 Å². The molecule has 0 bridgehead atoms. The molecule has 0 aromatic carbocycles. The second-order valence-electron chi connectivity index (χ2n) is 3.80. The van der Waals surface area contributed by atoms with Gasteiger partial charge in [0.15, 0.2) is 0 Å². The molecule has 16 heavy (non-hydrogen) atoms. The van der Waals surface area contributed by atoms with Crippen molar-refractivity contribution in [3.05, 3.63) is 17.8 Å². The average Bonchev–Trinajstić information content (AvgIpc) is 2.20. The zero-order valence-corrected chi connectivity index (χ0v) is 9.60. The first-order valence-corrected chi connectivity index (χ1v) is 5.42. The summed E-state index contributed by atoms with van der Waals surface area (Å²) in [6.07, 6.45) is 2.02. The third-order valence-corrected chi connectivity index (χ3v) is 2.10. The lowest BCUT2D eigenvalue weighted by atomic mass is 10.2. The second kappa shape index (κ2) is 6.05. The van der Waals surface area contributed by atoms with Gasteiger partial charge in [0.2, 0.25) is 0 Å². The first-order chi connectivity index (χ1) is 7.61. The molecule has 0 spiro atoms. The van der Waals surface area contributed by atoms with Crippen LogP contribution in [0, 0.1) is 0 Å². The molecule has 2 N–H and O–H groups in total. The monoisotopic (exact) mass is 223 g/mol. The average molecular weight is 223 g/mol. The third kappa shape index (κ3) is 4.25. The number of carboxylic acid groups (broad SMARTS) is 1. The fourth-order valence-electron chi connectivity index (χ4n) is 1.39. The molecule has 88 valence electrons. The first-order valence-electron chi connectivity index (χ1n) is 5.42. The van der Waals surface area contributed by atoms with Gasteiger partial charge in [0.25, 0.3) is 0 Å². The smallest absolute Gasteiger partial charge is 0.305 e. The Bertz CT molecular complexity index is 338. The van der Waals surface area contributed by atoms with E-state index in [4.69, 9.17) is 5.11 Å². The number of nitrogens with zero attached hydrogens (tertiary/aromatic N) is 2. The SMILES string of the molecule is CCCc1ccc(NC(C)CC(=O)O)nn1. The fourth-order valence-corrected chi connectivity index (χ4v) is 1.39. The quantitative estimate of drug-likeness (QED) is 0.767. The standard InChI is InChI=1S/C11H17N3O2/c1-3-4-9-5-6-10(14-13-9)12-8(2)7-11(15)16/h5-6,8H,3-4,7H2,1-2H3,(H,12,14)(H,15,16). The van der Waals surface area contributed by atoms with Gasteiger partial charge in [-0.05, 0) is 25.5 Å². The maximum atomic E-state index is 10.5. The zero-order chi connectivity index (χ0) is 12.0. The van der Waals surface area contributed by atoms with Crippen molar-refractivity contribution >= 4 is 11.8 Å². The Morgan fingerprint density at radius 1 is 1.50 bits per heavy atom. The molecule has 0 saturated heterocycles. The molecule has 0 fully saturated rings. The van der Waals surface area contributed by atoms with Crippen molar-refractivity contribution < 1.29 is 9.90 Å². The van der Waals surface area contributed by atoms with Crippen molar-refractivity contribution in [1.29, 1.82) is 0 Å². The molecular formula is C11H17N3O2. The van der Waals surface area contributed by atoms with Crippen molar-refractivity contribution in [3.63, 3.8) is 0 Å². The van der Waals surface area contributed by atoms with E-state index in [2.05, 4.69) is 22.4 Å². The second-order valence-corrected chi connectivity index (χ2v) is 3.80. The summed E-state index contributed by atoms with van der Waals surface area (Å²) in [5, 5.41) is 19.6. The molecule has 1 unspecified atom stereocenters. The number of nitrogens with one attached hydrogen (secondary N) is 1. The van der Waals surface area contributed by atoms with Crippen molar-refractivity contribution in [2.45, 2.75) is 39.2 Å². The summed E-state index contributed by atoms with van der Waals surface area (Å²) in [4.78, 5) is 10.5. The fraction of sp³-hybridized carbons (Fsp3) is 0.545. The number of aryl methyl sites for hydroxylation is 1. The van der Waals surface area contributed by atoms with Crippen LogP contribution in [0.25, 0.3) is 0 Å². The summed E-state index contributed by atoms with van der Waals surface area (Å²) in [5.74, 6) is -0.204. The Morgan fingerprint density at radius 2 is 2.25 bits per heavy atom. The van der Waals surface area contributed by atoms with Crippen molar-refractivity contribution in [3.8, 4) is 0 Å². The van der Waals surface area contributed by atoms with E-state index in [1.165, 1.54) is 0 Å². The van der Waals surface area contributed by atoms with Crippen LogP contribution in [0.1, 0.15) is 32.4 Å². The molecule has 1 aromatic rings. The number of anilines is 1. The van der Waals surface area contributed by atoms with Crippen LogP contribution in [0.3, 0.4) is 0 Å². The Morgan fingerprint density at radius 3 is 2.75 bits per heavy atom. The molecule has 1 aromatic heterocycles. The number of rotatable bonds is 6. The Balaban J connectivity index is 2.51. The summed E-state index contributed by atoms with van der Waals surface area (Å²) >= 11 is 0. The lowest BCUT2D eigenvalue weighted by Gasteiger charge is -2.11. The Labute approximate surface area is 94.9 Å². The van der Waals surface area contributed by atoms with E-state index in [-0.39, 0.29) is 12.5 Å². The van der Waals surface area contributed by atoms with Crippen LogP contribution in [0.15, 0.2) is 12.1 Å². The molecule has 1 rings (SSSR count). The maximum Gasteiger partial charge on any atom is 0.305 e. The van der Waals surface area contributed by atoms with E-state index in [9.17, 15) is 4.79 Å². The highest BCUT2D eigenvalue weighted by Gasteiger charge is 2.07. The van der Waals surface area contributed by atoms with Crippen LogP contribution < -0.4 is 5.32 Å². The van der Waals surface area contributed by atoms with Gasteiger partial charge in [-0.25, -0.2) is 0 Å². The molecule has 0 radical (unpaired) electrons. The molecule has 5 heteroatoms. The van der Waals surface area contributed by atoms with E-state index in [1.54, 1.807) is 6.92 Å². The summed E-state index contributed by atoms with van der Waals surface area (Å²) in [5.41, 5.74) is 0.957. The van der Waals surface area contributed by atoms with Gasteiger partial charge in [-0.15, -0.1) is 5.10 Å². The number of aromatic nitrogens is 2. The van der Waals surface area contributed by atoms with Crippen LogP contribution in [-0.2, 0) is 11.2 Å². The Kier molecular flexibility index (Phi) is 4.69. The molecule has 5 nitrogen and oxygen atoms in total. The van der Waals surface area contributed by atoms with Gasteiger partial charge in [0.05, 0.1) is 12.1 Å². The molecule has 0 amide bonds. The number of hydrogen-bond donors (Lipinski definition) is 2. The van der Waals surface area contributed by atoms with Crippen LogP contribution >= 0.6 is 0 Å². The van der Waals surface area contributed by atoms with E-state index >= 15 is 0 Å². The van der Waals surface area contributed by atoms with Gasteiger partial charge in [-0.3, -0.25) is 4.79 Å². The van der Waals surface area contributed by atoms with Gasteiger partial charge < -0.3 is 10.4 Å². The van der Waals surface area contributed by atoms with E-state index in [0.29, 0.717) is 5.82 Å². The molecule has 1 atom stereocenters. The normalized spacial score (nSPS) is 12.1. The summed E-state index contributed by atoms with van der Waals surface area (Å²) in [6, 6.07) is 3.59. The minimum atomic E-state index is -0.824. The highest BCUT2D eigenvalue weighted by molar-refractivity contribution is 5.68. The minimum absolute atomic E-state index is 0.0678. The maximum absolute atomic E-state index is 10.5. The number of hydrogen-bond acceptors (Lipinski definition) is 4. The highest BCUT2D eigenvalue weighted by atomic mass is 16.4. The van der Waals surface area contributed by atoms with E-state index in [1.807, 2.05) is 12.1 Å². The first kappa shape index (κ1) is 12.4. The van der Waals surface area contributed by atoms with Crippen LogP contribution in [0.4, 0.5) is 5.82 Å². The molecule has 0 saturated carbocycles. The molecule has 0 aliphatic rings. The van der Waals surface area contributed by atoms with Gasteiger partial charge in [-0.2, -0.15) is 5.10 Å². The van der Waals surface area contributed by atoms with Crippen molar-refractivity contribution in [2.75, 3.05) is 5.32 Å².